The summed E-state index contributed by atoms with van der Waals surface area (Å²) < 4.78 is 11.6. The van der Waals surface area contributed by atoms with Crippen molar-refractivity contribution in [2.45, 2.75) is 26.2 Å². The fourth-order valence-corrected chi connectivity index (χ4v) is 3.07. The maximum atomic E-state index is 12.3. The van der Waals surface area contributed by atoms with Gasteiger partial charge in [-0.2, -0.15) is 0 Å². The molecule has 0 aliphatic rings. The Kier molecular flexibility index (Phi) is 7.63. The fraction of sp³-hybridized carbons (Fsp3) is 0.333. The minimum atomic E-state index is -0.0771. The van der Waals surface area contributed by atoms with Gasteiger partial charge in [-0.3, -0.25) is 4.79 Å². The molecule has 0 bridgehead atoms. The Morgan fingerprint density at radius 2 is 1.83 bits per heavy atom. The van der Waals surface area contributed by atoms with Gasteiger partial charge in [0.15, 0.2) is 11.7 Å². The second-order valence-corrected chi connectivity index (χ2v) is 7.47. The number of ether oxygens (including phenoxy) is 1. The van der Waals surface area contributed by atoms with Gasteiger partial charge in [-0.15, -0.1) is 0 Å². The first-order chi connectivity index (χ1) is 14.5. The molecule has 1 heterocycles. The Morgan fingerprint density at radius 3 is 2.53 bits per heavy atom. The summed E-state index contributed by atoms with van der Waals surface area (Å²) in [7, 11) is 4.09. The van der Waals surface area contributed by atoms with Gasteiger partial charge in [0.2, 0.25) is 5.91 Å². The van der Waals surface area contributed by atoms with Crippen molar-refractivity contribution in [3.05, 3.63) is 66.2 Å². The molecule has 0 radical (unpaired) electrons. The molecule has 30 heavy (non-hydrogen) atoms. The van der Waals surface area contributed by atoms with Crippen molar-refractivity contribution in [1.82, 2.24) is 9.88 Å². The van der Waals surface area contributed by atoms with Crippen LogP contribution < -0.4 is 10.1 Å². The van der Waals surface area contributed by atoms with E-state index in [4.69, 9.17) is 9.15 Å². The van der Waals surface area contributed by atoms with Crippen LogP contribution in [-0.2, 0) is 11.2 Å². The molecule has 0 atom stereocenters. The standard InChI is InChI=1S/C24H29N3O3/c1-18-24(19-8-5-4-6-9-19)30-23(25-18)15-14-22(28)26-20-10-12-21(13-11-20)29-17-7-16-27(2)3/h4-6,8-13H,7,14-17H2,1-3H3,(H,26,28). The lowest BCUT2D eigenvalue weighted by Crippen LogP contribution is -2.15. The molecule has 2 aromatic carbocycles. The summed E-state index contributed by atoms with van der Waals surface area (Å²) in [6.45, 7) is 3.58. The van der Waals surface area contributed by atoms with Crippen molar-refractivity contribution < 1.29 is 13.9 Å². The zero-order valence-electron chi connectivity index (χ0n) is 17.9. The zero-order chi connectivity index (χ0) is 21.3. The van der Waals surface area contributed by atoms with Gasteiger partial charge in [-0.25, -0.2) is 4.98 Å². The van der Waals surface area contributed by atoms with E-state index in [0.29, 0.717) is 25.3 Å². The summed E-state index contributed by atoms with van der Waals surface area (Å²) in [5.74, 6) is 2.05. The summed E-state index contributed by atoms with van der Waals surface area (Å²) in [4.78, 5) is 18.9. The maximum absolute atomic E-state index is 12.3. The van der Waals surface area contributed by atoms with E-state index in [9.17, 15) is 4.79 Å². The van der Waals surface area contributed by atoms with Gasteiger partial charge in [-0.1, -0.05) is 30.3 Å². The highest BCUT2D eigenvalue weighted by Gasteiger charge is 2.13. The molecule has 0 spiro atoms. The van der Waals surface area contributed by atoms with Gasteiger partial charge in [-0.05, 0) is 51.7 Å². The number of anilines is 1. The lowest BCUT2D eigenvalue weighted by Gasteiger charge is -2.11. The van der Waals surface area contributed by atoms with Crippen LogP contribution >= 0.6 is 0 Å². The molecule has 1 amide bonds. The Balaban J connectivity index is 1.46. The van der Waals surface area contributed by atoms with Gasteiger partial charge in [0.05, 0.1) is 12.3 Å². The number of aromatic nitrogens is 1. The molecule has 0 aliphatic heterocycles. The van der Waals surface area contributed by atoms with Crippen molar-refractivity contribution in [3.63, 3.8) is 0 Å². The highest BCUT2D eigenvalue weighted by Crippen LogP contribution is 2.24. The Bertz CT molecular complexity index is 934. The van der Waals surface area contributed by atoms with Crippen LogP contribution in [0.15, 0.2) is 59.0 Å². The molecule has 0 saturated heterocycles. The smallest absolute Gasteiger partial charge is 0.224 e. The highest BCUT2D eigenvalue weighted by atomic mass is 16.5. The molecule has 1 N–H and O–H groups in total. The summed E-state index contributed by atoms with van der Waals surface area (Å²) in [5.41, 5.74) is 2.56. The quantitative estimate of drug-likeness (QED) is 0.499. The number of oxazole rings is 1. The first-order valence-corrected chi connectivity index (χ1v) is 10.2. The largest absolute Gasteiger partial charge is 0.494 e. The fourth-order valence-electron chi connectivity index (χ4n) is 3.07. The third-order valence-corrected chi connectivity index (χ3v) is 4.60. The number of rotatable bonds is 10. The van der Waals surface area contributed by atoms with E-state index < -0.39 is 0 Å². The van der Waals surface area contributed by atoms with Crippen LogP contribution in [0, 0.1) is 6.92 Å². The van der Waals surface area contributed by atoms with E-state index in [2.05, 4.69) is 15.2 Å². The molecular formula is C24H29N3O3. The molecule has 0 unspecified atom stereocenters. The third-order valence-electron chi connectivity index (χ3n) is 4.60. The van der Waals surface area contributed by atoms with Crippen molar-refractivity contribution in [3.8, 4) is 17.1 Å². The number of carbonyl (C=O) groups excluding carboxylic acids is 1. The summed E-state index contributed by atoms with van der Waals surface area (Å²) in [6, 6.07) is 17.3. The molecule has 6 nitrogen and oxygen atoms in total. The average molecular weight is 408 g/mol. The van der Waals surface area contributed by atoms with E-state index in [1.807, 2.05) is 75.6 Å². The monoisotopic (exact) mass is 407 g/mol. The van der Waals surface area contributed by atoms with Gasteiger partial charge in [0.1, 0.15) is 5.75 Å². The molecule has 3 rings (SSSR count). The van der Waals surface area contributed by atoms with Crippen LogP contribution in [0.4, 0.5) is 5.69 Å². The lowest BCUT2D eigenvalue weighted by molar-refractivity contribution is -0.116. The molecule has 158 valence electrons. The number of aryl methyl sites for hydroxylation is 2. The second kappa shape index (κ2) is 10.6. The molecular weight excluding hydrogens is 378 g/mol. The van der Waals surface area contributed by atoms with E-state index >= 15 is 0 Å². The zero-order valence-corrected chi connectivity index (χ0v) is 17.9. The van der Waals surface area contributed by atoms with Crippen LogP contribution in [0.2, 0.25) is 0 Å². The number of nitrogens with one attached hydrogen (secondary N) is 1. The number of amides is 1. The van der Waals surface area contributed by atoms with Gasteiger partial charge in [0, 0.05) is 30.6 Å². The Morgan fingerprint density at radius 1 is 1.10 bits per heavy atom. The maximum Gasteiger partial charge on any atom is 0.224 e. The van der Waals surface area contributed by atoms with E-state index in [1.165, 1.54) is 0 Å². The molecule has 3 aromatic rings. The number of hydrogen-bond acceptors (Lipinski definition) is 5. The van der Waals surface area contributed by atoms with E-state index in [-0.39, 0.29) is 5.91 Å². The minimum Gasteiger partial charge on any atom is -0.494 e. The topological polar surface area (TPSA) is 67.6 Å². The lowest BCUT2D eigenvalue weighted by atomic mass is 10.1. The Labute approximate surface area is 177 Å². The third kappa shape index (κ3) is 6.46. The van der Waals surface area contributed by atoms with Crippen LogP contribution in [0.3, 0.4) is 0 Å². The van der Waals surface area contributed by atoms with Crippen LogP contribution in [0.5, 0.6) is 5.75 Å². The SMILES string of the molecule is Cc1nc(CCC(=O)Nc2ccc(OCCCN(C)C)cc2)oc1-c1ccccc1. The first-order valence-electron chi connectivity index (χ1n) is 10.2. The second-order valence-electron chi connectivity index (χ2n) is 7.47. The van der Waals surface area contributed by atoms with Crippen molar-refractivity contribution in [1.29, 1.82) is 0 Å². The highest BCUT2D eigenvalue weighted by molar-refractivity contribution is 5.90. The minimum absolute atomic E-state index is 0.0771. The van der Waals surface area contributed by atoms with Crippen LogP contribution in [-0.4, -0.2) is 43.0 Å². The predicted molar refractivity (Wildman–Crippen MR) is 119 cm³/mol. The Hall–Kier alpha value is -3.12. The van der Waals surface area contributed by atoms with E-state index in [0.717, 1.165) is 41.4 Å². The summed E-state index contributed by atoms with van der Waals surface area (Å²) in [6.07, 6.45) is 1.72. The molecule has 6 heteroatoms. The van der Waals surface area contributed by atoms with Crippen molar-refractivity contribution in [2.75, 3.05) is 32.6 Å². The van der Waals surface area contributed by atoms with E-state index in [1.54, 1.807) is 0 Å². The molecule has 0 fully saturated rings. The number of carbonyl (C=O) groups is 1. The summed E-state index contributed by atoms with van der Waals surface area (Å²) in [5, 5.41) is 2.90. The number of benzene rings is 2. The van der Waals surface area contributed by atoms with Crippen molar-refractivity contribution >= 4 is 11.6 Å². The van der Waals surface area contributed by atoms with Crippen LogP contribution in [0.25, 0.3) is 11.3 Å². The van der Waals surface area contributed by atoms with Gasteiger partial charge < -0.3 is 19.4 Å². The predicted octanol–water partition coefficient (Wildman–Crippen LogP) is 4.55. The molecule has 0 aliphatic carbocycles. The average Bonchev–Trinajstić information content (AvgIpc) is 3.12. The number of hydrogen-bond donors (Lipinski definition) is 1. The normalized spacial score (nSPS) is 10.9. The number of nitrogens with zero attached hydrogens (tertiary/aromatic N) is 2. The van der Waals surface area contributed by atoms with Gasteiger partial charge in [0.25, 0.3) is 0 Å². The molecule has 0 saturated carbocycles. The van der Waals surface area contributed by atoms with Gasteiger partial charge >= 0.3 is 0 Å². The first kappa shape index (κ1) is 21.6. The summed E-state index contributed by atoms with van der Waals surface area (Å²) >= 11 is 0. The van der Waals surface area contributed by atoms with Crippen LogP contribution in [0.1, 0.15) is 24.4 Å². The van der Waals surface area contributed by atoms with Crippen molar-refractivity contribution in [2.24, 2.45) is 0 Å². The molecule has 1 aromatic heterocycles.